The van der Waals surface area contributed by atoms with Gasteiger partial charge in [0.25, 0.3) is 0 Å². The number of hydrogen-bond donors (Lipinski definition) is 1. The van der Waals surface area contributed by atoms with Crippen molar-refractivity contribution in [2.75, 3.05) is 26.2 Å². The normalized spacial score (nSPS) is 30.3. The molecule has 0 radical (unpaired) electrons. The average Bonchev–Trinajstić information content (AvgIpc) is 3.15. The standard InChI is InChI=1S/C15H23N3O3/c1-2-11(18-6-3-4-13(18)20)14(21)17-7-5-15(10-17)8-12(19)16-9-15/h11H,2-10H2,1H3,(H,16,19). The lowest BCUT2D eigenvalue weighted by Crippen LogP contribution is -2.48. The number of carbonyl (C=O) groups excluding carboxylic acids is 3. The SMILES string of the molecule is CCC(C(=O)N1CCC2(CNC(=O)C2)C1)N1CCCC1=O. The fraction of sp³-hybridized carbons (Fsp3) is 0.800. The quantitative estimate of drug-likeness (QED) is 0.804. The highest BCUT2D eigenvalue weighted by atomic mass is 16.2. The minimum atomic E-state index is -0.319. The van der Waals surface area contributed by atoms with Crippen LogP contribution in [-0.2, 0) is 14.4 Å². The van der Waals surface area contributed by atoms with Crippen LogP contribution in [0.5, 0.6) is 0 Å². The molecule has 116 valence electrons. The van der Waals surface area contributed by atoms with E-state index in [1.165, 1.54) is 0 Å². The number of likely N-dealkylation sites (tertiary alicyclic amines) is 2. The van der Waals surface area contributed by atoms with Crippen LogP contribution < -0.4 is 5.32 Å². The van der Waals surface area contributed by atoms with Crippen molar-refractivity contribution in [2.45, 2.75) is 45.1 Å². The smallest absolute Gasteiger partial charge is 0.245 e. The Labute approximate surface area is 124 Å². The Bertz CT molecular complexity index is 479. The highest BCUT2D eigenvalue weighted by molar-refractivity contribution is 5.89. The molecule has 3 fully saturated rings. The molecule has 2 unspecified atom stereocenters. The number of rotatable bonds is 3. The van der Waals surface area contributed by atoms with E-state index in [9.17, 15) is 14.4 Å². The molecule has 3 aliphatic rings. The van der Waals surface area contributed by atoms with E-state index in [0.29, 0.717) is 45.4 Å². The molecular formula is C15H23N3O3. The molecule has 6 nitrogen and oxygen atoms in total. The number of nitrogens with one attached hydrogen (secondary N) is 1. The van der Waals surface area contributed by atoms with Gasteiger partial charge in [0.2, 0.25) is 17.7 Å². The fourth-order valence-electron chi connectivity index (χ4n) is 3.90. The van der Waals surface area contributed by atoms with Gasteiger partial charge in [-0.15, -0.1) is 0 Å². The predicted octanol–water partition coefficient (Wildman–Crippen LogP) is 0.126. The summed E-state index contributed by atoms with van der Waals surface area (Å²) in [6, 6.07) is -0.319. The van der Waals surface area contributed by atoms with Gasteiger partial charge >= 0.3 is 0 Å². The van der Waals surface area contributed by atoms with Crippen molar-refractivity contribution >= 4 is 17.7 Å². The molecule has 0 aliphatic carbocycles. The zero-order chi connectivity index (χ0) is 15.0. The first kappa shape index (κ1) is 14.4. The van der Waals surface area contributed by atoms with E-state index < -0.39 is 0 Å². The van der Waals surface area contributed by atoms with Crippen molar-refractivity contribution in [3.05, 3.63) is 0 Å². The summed E-state index contributed by atoms with van der Waals surface area (Å²) in [6.45, 7) is 4.67. The summed E-state index contributed by atoms with van der Waals surface area (Å²) in [5.74, 6) is 0.247. The number of amides is 3. The van der Waals surface area contributed by atoms with Gasteiger partial charge in [-0.05, 0) is 19.3 Å². The van der Waals surface area contributed by atoms with Crippen LogP contribution in [0.15, 0.2) is 0 Å². The van der Waals surface area contributed by atoms with Gasteiger partial charge in [0.05, 0.1) is 0 Å². The Hall–Kier alpha value is -1.59. The van der Waals surface area contributed by atoms with Crippen LogP contribution in [0.25, 0.3) is 0 Å². The summed E-state index contributed by atoms with van der Waals surface area (Å²) >= 11 is 0. The maximum absolute atomic E-state index is 12.8. The molecule has 0 saturated carbocycles. The second kappa shape index (κ2) is 5.31. The van der Waals surface area contributed by atoms with Crippen LogP contribution in [0.4, 0.5) is 0 Å². The van der Waals surface area contributed by atoms with E-state index in [1.807, 2.05) is 11.8 Å². The van der Waals surface area contributed by atoms with Crippen LogP contribution in [0.2, 0.25) is 0 Å². The summed E-state index contributed by atoms with van der Waals surface area (Å²) in [7, 11) is 0. The number of carbonyl (C=O) groups is 3. The molecule has 1 spiro atoms. The average molecular weight is 293 g/mol. The second-order valence-electron chi connectivity index (χ2n) is 6.58. The van der Waals surface area contributed by atoms with E-state index in [-0.39, 0.29) is 29.2 Å². The van der Waals surface area contributed by atoms with Crippen LogP contribution >= 0.6 is 0 Å². The number of nitrogens with zero attached hydrogens (tertiary/aromatic N) is 2. The molecule has 0 bridgehead atoms. The molecule has 0 aromatic heterocycles. The Balaban J connectivity index is 1.67. The van der Waals surface area contributed by atoms with Crippen molar-refractivity contribution in [3.8, 4) is 0 Å². The minimum Gasteiger partial charge on any atom is -0.355 e. The molecule has 3 saturated heterocycles. The summed E-state index contributed by atoms with van der Waals surface area (Å²) in [5, 5.41) is 2.88. The zero-order valence-electron chi connectivity index (χ0n) is 12.6. The summed E-state index contributed by atoms with van der Waals surface area (Å²) < 4.78 is 0. The maximum Gasteiger partial charge on any atom is 0.245 e. The first-order valence-electron chi connectivity index (χ1n) is 7.90. The summed E-state index contributed by atoms with van der Waals surface area (Å²) in [6.07, 6.45) is 3.47. The van der Waals surface area contributed by atoms with Gasteiger partial charge < -0.3 is 15.1 Å². The van der Waals surface area contributed by atoms with Gasteiger partial charge in [0, 0.05) is 44.4 Å². The highest BCUT2D eigenvalue weighted by Gasteiger charge is 2.46. The molecule has 3 heterocycles. The lowest BCUT2D eigenvalue weighted by molar-refractivity contribution is -0.143. The Kier molecular flexibility index (Phi) is 3.63. The Morgan fingerprint density at radius 1 is 1.38 bits per heavy atom. The van der Waals surface area contributed by atoms with Crippen LogP contribution in [0.3, 0.4) is 0 Å². The van der Waals surface area contributed by atoms with Gasteiger partial charge in [-0.2, -0.15) is 0 Å². The molecule has 1 N–H and O–H groups in total. The molecule has 6 heteroatoms. The van der Waals surface area contributed by atoms with Crippen molar-refractivity contribution in [3.63, 3.8) is 0 Å². The first-order chi connectivity index (χ1) is 10.0. The van der Waals surface area contributed by atoms with Crippen molar-refractivity contribution < 1.29 is 14.4 Å². The van der Waals surface area contributed by atoms with Crippen molar-refractivity contribution in [2.24, 2.45) is 5.41 Å². The molecule has 3 aliphatic heterocycles. The topological polar surface area (TPSA) is 69.7 Å². The largest absolute Gasteiger partial charge is 0.355 e. The lowest BCUT2D eigenvalue weighted by atomic mass is 9.86. The third-order valence-electron chi connectivity index (χ3n) is 5.10. The van der Waals surface area contributed by atoms with Crippen molar-refractivity contribution in [1.82, 2.24) is 15.1 Å². The molecule has 0 aromatic carbocycles. The van der Waals surface area contributed by atoms with Gasteiger partial charge in [-0.1, -0.05) is 6.92 Å². The Morgan fingerprint density at radius 3 is 2.76 bits per heavy atom. The summed E-state index contributed by atoms with van der Waals surface area (Å²) in [4.78, 5) is 39.7. The second-order valence-corrected chi connectivity index (χ2v) is 6.58. The van der Waals surface area contributed by atoms with Gasteiger partial charge in [-0.3, -0.25) is 14.4 Å². The minimum absolute atomic E-state index is 0.0592. The summed E-state index contributed by atoms with van der Waals surface area (Å²) in [5.41, 5.74) is -0.0694. The lowest BCUT2D eigenvalue weighted by Gasteiger charge is -2.30. The fourth-order valence-corrected chi connectivity index (χ4v) is 3.90. The monoisotopic (exact) mass is 293 g/mol. The first-order valence-corrected chi connectivity index (χ1v) is 7.90. The van der Waals surface area contributed by atoms with E-state index >= 15 is 0 Å². The van der Waals surface area contributed by atoms with Crippen molar-refractivity contribution in [1.29, 1.82) is 0 Å². The predicted molar refractivity (Wildman–Crippen MR) is 76.3 cm³/mol. The molecule has 0 aromatic rings. The van der Waals surface area contributed by atoms with Gasteiger partial charge in [-0.25, -0.2) is 0 Å². The molecule has 3 amide bonds. The molecular weight excluding hydrogens is 270 g/mol. The van der Waals surface area contributed by atoms with E-state index in [0.717, 1.165) is 12.8 Å². The van der Waals surface area contributed by atoms with E-state index in [4.69, 9.17) is 0 Å². The maximum atomic E-state index is 12.8. The zero-order valence-corrected chi connectivity index (χ0v) is 12.6. The van der Waals surface area contributed by atoms with Crippen LogP contribution in [-0.4, -0.2) is 59.7 Å². The third-order valence-corrected chi connectivity index (χ3v) is 5.10. The van der Waals surface area contributed by atoms with Gasteiger partial charge in [0.15, 0.2) is 0 Å². The molecule has 21 heavy (non-hydrogen) atoms. The third kappa shape index (κ3) is 2.51. The van der Waals surface area contributed by atoms with E-state index in [2.05, 4.69) is 5.32 Å². The highest BCUT2D eigenvalue weighted by Crippen LogP contribution is 2.37. The molecule has 3 rings (SSSR count). The Morgan fingerprint density at radius 2 is 2.19 bits per heavy atom. The van der Waals surface area contributed by atoms with E-state index in [1.54, 1.807) is 4.90 Å². The molecule has 2 atom stereocenters. The number of hydrogen-bond acceptors (Lipinski definition) is 3. The van der Waals surface area contributed by atoms with Gasteiger partial charge in [0.1, 0.15) is 6.04 Å². The van der Waals surface area contributed by atoms with Crippen LogP contribution in [0, 0.1) is 5.41 Å². The van der Waals surface area contributed by atoms with Crippen LogP contribution in [0.1, 0.15) is 39.0 Å².